The van der Waals surface area contributed by atoms with Crippen molar-refractivity contribution in [3.05, 3.63) is 57.8 Å². The maximum Gasteiger partial charge on any atom is 0.130 e. The van der Waals surface area contributed by atoms with Gasteiger partial charge in [0.25, 0.3) is 0 Å². The van der Waals surface area contributed by atoms with Gasteiger partial charge in [0.05, 0.1) is 28.4 Å². The number of hydrogen-bond donors (Lipinski definition) is 2. The number of carbonyl (C=O) groups excluding carboxylic acids is 1. The number of benzene rings is 1. The number of hydrazone groups is 1. The molecule has 0 aromatic heterocycles. The summed E-state index contributed by atoms with van der Waals surface area (Å²) < 4.78 is 11.8. The number of nitrogens with zero attached hydrogens (tertiary/aromatic N) is 1. The highest BCUT2D eigenvalue weighted by atomic mass is 79.9. The molecule has 1 rings (SSSR count). The van der Waals surface area contributed by atoms with Crippen molar-refractivity contribution in [1.82, 2.24) is 5.43 Å². The Morgan fingerprint density at radius 1 is 1.41 bits per heavy atom. The molecule has 8 heteroatoms. The standard InChI is InChI=1S/C21H26BrClN2O4/c1-4-16(20(25-24-3)7-5-10-26)13-19(23)15(2)28-11-6-12-29-17-8-9-21(27)18(22)14-17/h4,8-10,13-14,24,27H,2,5-7,11-12H2,1,3H3/b16-4+,19-13+,25-20+. The molecule has 0 atom stereocenters. The first kappa shape index (κ1) is 24.8. The molecule has 0 aliphatic rings. The number of carbonyl (C=O) groups is 1. The lowest BCUT2D eigenvalue weighted by atomic mass is 10.1. The van der Waals surface area contributed by atoms with E-state index in [4.69, 9.17) is 21.1 Å². The third-order valence-electron chi connectivity index (χ3n) is 3.69. The molecule has 0 saturated heterocycles. The number of nitrogens with one attached hydrogen (secondary N) is 1. The van der Waals surface area contributed by atoms with Crippen LogP contribution in [0.5, 0.6) is 11.5 Å². The van der Waals surface area contributed by atoms with Gasteiger partial charge < -0.3 is 24.8 Å². The number of halogens is 2. The van der Waals surface area contributed by atoms with Crippen molar-refractivity contribution < 1.29 is 19.4 Å². The number of phenols is 1. The summed E-state index contributed by atoms with van der Waals surface area (Å²) >= 11 is 9.56. The fourth-order valence-corrected chi connectivity index (χ4v) is 2.77. The Morgan fingerprint density at radius 2 is 2.17 bits per heavy atom. The Hall–Kier alpha value is -2.25. The highest BCUT2D eigenvalue weighted by molar-refractivity contribution is 9.10. The number of aromatic hydroxyl groups is 1. The summed E-state index contributed by atoms with van der Waals surface area (Å²) in [6.07, 6.45) is 5.94. The largest absolute Gasteiger partial charge is 0.507 e. The van der Waals surface area contributed by atoms with Crippen LogP contribution in [0.15, 0.2) is 62.9 Å². The van der Waals surface area contributed by atoms with Crippen LogP contribution in [-0.2, 0) is 9.53 Å². The first-order valence-corrected chi connectivity index (χ1v) is 10.2. The molecule has 0 aliphatic heterocycles. The molecule has 6 nitrogen and oxygen atoms in total. The minimum atomic E-state index is 0.160. The summed E-state index contributed by atoms with van der Waals surface area (Å²) in [5.74, 6) is 1.15. The third-order valence-corrected chi connectivity index (χ3v) is 4.65. The van der Waals surface area contributed by atoms with Crippen LogP contribution in [0.2, 0.25) is 0 Å². The van der Waals surface area contributed by atoms with Gasteiger partial charge in [-0.1, -0.05) is 24.3 Å². The van der Waals surface area contributed by atoms with Gasteiger partial charge >= 0.3 is 0 Å². The fourth-order valence-electron chi connectivity index (χ4n) is 2.24. The number of rotatable bonds is 13. The number of ether oxygens (including phenoxy) is 2. The molecule has 0 spiro atoms. The molecule has 0 radical (unpaired) electrons. The Labute approximate surface area is 185 Å². The second-order valence-corrected chi connectivity index (χ2v) is 7.07. The normalized spacial score (nSPS) is 12.5. The second kappa shape index (κ2) is 13.8. The molecule has 1 aromatic carbocycles. The van der Waals surface area contributed by atoms with E-state index in [2.05, 4.69) is 33.0 Å². The van der Waals surface area contributed by atoms with Crippen LogP contribution in [0.3, 0.4) is 0 Å². The van der Waals surface area contributed by atoms with E-state index in [1.54, 1.807) is 31.3 Å². The lowest BCUT2D eigenvalue weighted by Crippen LogP contribution is -2.09. The average molecular weight is 486 g/mol. The van der Waals surface area contributed by atoms with Crippen LogP contribution in [0, 0.1) is 0 Å². The minimum Gasteiger partial charge on any atom is -0.507 e. The van der Waals surface area contributed by atoms with E-state index in [0.717, 1.165) is 17.6 Å². The van der Waals surface area contributed by atoms with Gasteiger partial charge in [0, 0.05) is 19.9 Å². The molecular formula is C21H26BrClN2O4. The number of hydrogen-bond acceptors (Lipinski definition) is 6. The second-order valence-electron chi connectivity index (χ2n) is 5.81. The molecule has 0 amide bonds. The maximum absolute atomic E-state index is 10.7. The van der Waals surface area contributed by atoms with Crippen LogP contribution in [0.1, 0.15) is 26.2 Å². The predicted molar refractivity (Wildman–Crippen MR) is 120 cm³/mol. The highest BCUT2D eigenvalue weighted by Gasteiger charge is 2.08. The van der Waals surface area contributed by atoms with Gasteiger partial charge in [-0.2, -0.15) is 5.10 Å². The molecule has 0 heterocycles. The molecule has 0 aliphatic carbocycles. The van der Waals surface area contributed by atoms with E-state index in [1.165, 1.54) is 0 Å². The van der Waals surface area contributed by atoms with Crippen LogP contribution in [0.25, 0.3) is 0 Å². The maximum atomic E-state index is 10.7. The zero-order valence-electron chi connectivity index (χ0n) is 16.6. The third kappa shape index (κ3) is 9.19. The van der Waals surface area contributed by atoms with Crippen molar-refractivity contribution in [2.24, 2.45) is 5.10 Å². The Bertz CT molecular complexity index is 791. The summed E-state index contributed by atoms with van der Waals surface area (Å²) in [5.41, 5.74) is 4.25. The Balaban J connectivity index is 2.51. The lowest BCUT2D eigenvalue weighted by molar-refractivity contribution is -0.107. The zero-order valence-corrected chi connectivity index (χ0v) is 18.9. The van der Waals surface area contributed by atoms with Crippen LogP contribution in [0.4, 0.5) is 0 Å². The summed E-state index contributed by atoms with van der Waals surface area (Å²) in [6.45, 7) is 6.54. The van der Waals surface area contributed by atoms with Crippen molar-refractivity contribution in [3.8, 4) is 11.5 Å². The SMILES string of the molecule is C=C(OCCCOc1ccc(O)c(Br)c1)\C(Cl)=C/C(=C\C)C(/CCC=O)=N/NC. The molecular weight excluding hydrogens is 460 g/mol. The van der Waals surface area contributed by atoms with Gasteiger partial charge in [0.15, 0.2) is 0 Å². The van der Waals surface area contributed by atoms with Gasteiger partial charge in [-0.3, -0.25) is 0 Å². The molecule has 0 unspecified atom stereocenters. The molecule has 0 fully saturated rings. The number of phenolic OH excluding ortho intramolecular Hbond substituents is 1. The zero-order chi connectivity index (χ0) is 21.6. The first-order chi connectivity index (χ1) is 13.9. The molecule has 158 valence electrons. The molecule has 0 bridgehead atoms. The van der Waals surface area contributed by atoms with Crippen molar-refractivity contribution in [1.29, 1.82) is 0 Å². The minimum absolute atomic E-state index is 0.160. The average Bonchev–Trinajstić information content (AvgIpc) is 2.71. The quantitative estimate of drug-likeness (QED) is 0.102. The van der Waals surface area contributed by atoms with E-state index in [-0.39, 0.29) is 5.75 Å². The van der Waals surface area contributed by atoms with Crippen LogP contribution in [-0.4, -0.2) is 37.4 Å². The van der Waals surface area contributed by atoms with Crippen molar-refractivity contribution in [3.63, 3.8) is 0 Å². The molecule has 29 heavy (non-hydrogen) atoms. The van der Waals surface area contributed by atoms with E-state index < -0.39 is 0 Å². The summed E-state index contributed by atoms with van der Waals surface area (Å²) in [5, 5.41) is 14.0. The summed E-state index contributed by atoms with van der Waals surface area (Å²) in [6, 6.07) is 4.94. The van der Waals surface area contributed by atoms with Crippen molar-refractivity contribution in [2.75, 3.05) is 20.3 Å². The predicted octanol–water partition coefficient (Wildman–Crippen LogP) is 5.08. The molecule has 1 aromatic rings. The molecule has 2 N–H and O–H groups in total. The van der Waals surface area contributed by atoms with Gasteiger partial charge in [0.2, 0.25) is 0 Å². The van der Waals surface area contributed by atoms with Gasteiger partial charge in [-0.25, -0.2) is 0 Å². The van der Waals surface area contributed by atoms with Crippen molar-refractivity contribution in [2.45, 2.75) is 26.2 Å². The van der Waals surface area contributed by atoms with E-state index in [1.807, 2.05) is 13.0 Å². The van der Waals surface area contributed by atoms with Crippen molar-refractivity contribution >= 4 is 39.5 Å². The van der Waals surface area contributed by atoms with E-state index >= 15 is 0 Å². The fraction of sp³-hybridized carbons (Fsp3) is 0.333. The Kier molecular flexibility index (Phi) is 11.8. The van der Waals surface area contributed by atoms with E-state index in [0.29, 0.717) is 53.5 Å². The topological polar surface area (TPSA) is 80.2 Å². The van der Waals surface area contributed by atoms with E-state index in [9.17, 15) is 9.90 Å². The highest BCUT2D eigenvalue weighted by Crippen LogP contribution is 2.27. The molecule has 0 saturated carbocycles. The number of allylic oxidation sites excluding steroid dienone is 4. The van der Waals surface area contributed by atoms with Gasteiger partial charge in [0.1, 0.15) is 23.5 Å². The van der Waals surface area contributed by atoms with Crippen LogP contribution >= 0.6 is 27.5 Å². The van der Waals surface area contributed by atoms with Gasteiger partial charge in [-0.15, -0.1) is 0 Å². The Morgan fingerprint density at radius 3 is 2.79 bits per heavy atom. The smallest absolute Gasteiger partial charge is 0.130 e. The van der Waals surface area contributed by atoms with Gasteiger partial charge in [-0.05, 0) is 59.1 Å². The number of aldehydes is 1. The first-order valence-electron chi connectivity index (χ1n) is 9.07. The lowest BCUT2D eigenvalue weighted by Gasteiger charge is -2.11. The monoisotopic (exact) mass is 484 g/mol. The summed E-state index contributed by atoms with van der Waals surface area (Å²) in [7, 11) is 1.69. The van der Waals surface area contributed by atoms with Crippen LogP contribution < -0.4 is 10.2 Å². The summed E-state index contributed by atoms with van der Waals surface area (Å²) in [4.78, 5) is 10.7.